The van der Waals surface area contributed by atoms with Gasteiger partial charge in [-0.25, -0.2) is 8.42 Å². The lowest BCUT2D eigenvalue weighted by Gasteiger charge is -2.28. The van der Waals surface area contributed by atoms with E-state index in [9.17, 15) is 8.42 Å². The molecule has 0 saturated heterocycles. The Labute approximate surface area is 95.2 Å². The van der Waals surface area contributed by atoms with E-state index in [1.165, 1.54) is 6.26 Å². The van der Waals surface area contributed by atoms with Gasteiger partial charge in [0.1, 0.15) is 0 Å². The normalized spacial score (nSPS) is 16.7. The highest BCUT2D eigenvalue weighted by Gasteiger charge is 2.25. The molecule has 0 spiro atoms. The van der Waals surface area contributed by atoms with Crippen molar-refractivity contribution in [1.29, 1.82) is 0 Å². The molecule has 0 unspecified atom stereocenters. The van der Waals surface area contributed by atoms with Crippen molar-refractivity contribution in [3.63, 3.8) is 0 Å². The van der Waals surface area contributed by atoms with Crippen LogP contribution in [0, 0.1) is 0 Å². The SMILES string of the molecule is C=C(Br)CN(C)[C@@H](C)[C@@H](C)S(C)(=O)=O. The molecule has 14 heavy (non-hydrogen) atoms. The van der Waals surface area contributed by atoms with Gasteiger partial charge in [-0.3, -0.25) is 4.90 Å². The van der Waals surface area contributed by atoms with E-state index in [2.05, 4.69) is 22.5 Å². The fraction of sp³-hybridized carbons (Fsp3) is 0.778. The summed E-state index contributed by atoms with van der Waals surface area (Å²) in [5.74, 6) is 0. The van der Waals surface area contributed by atoms with E-state index in [0.29, 0.717) is 6.54 Å². The molecular formula is C9H18BrNO2S. The van der Waals surface area contributed by atoms with Gasteiger partial charge in [0.15, 0.2) is 9.84 Å². The molecule has 0 aromatic rings. The van der Waals surface area contributed by atoms with Crippen LogP contribution in [-0.4, -0.2) is 44.5 Å². The molecule has 0 radical (unpaired) electrons. The third kappa shape index (κ3) is 4.57. The second kappa shape index (κ2) is 5.28. The quantitative estimate of drug-likeness (QED) is 0.770. The Kier molecular flexibility index (Phi) is 5.33. The van der Waals surface area contributed by atoms with E-state index >= 15 is 0 Å². The molecule has 0 amide bonds. The number of hydrogen-bond acceptors (Lipinski definition) is 3. The molecule has 0 saturated carbocycles. The molecule has 84 valence electrons. The lowest BCUT2D eigenvalue weighted by molar-refractivity contribution is 0.278. The van der Waals surface area contributed by atoms with Crippen LogP contribution in [-0.2, 0) is 9.84 Å². The summed E-state index contributed by atoms with van der Waals surface area (Å²) in [6, 6.07) is -0.0145. The van der Waals surface area contributed by atoms with Crippen LogP contribution in [0.2, 0.25) is 0 Å². The summed E-state index contributed by atoms with van der Waals surface area (Å²) < 4.78 is 23.5. The zero-order valence-corrected chi connectivity index (χ0v) is 11.5. The second-order valence-electron chi connectivity index (χ2n) is 3.71. The maximum Gasteiger partial charge on any atom is 0.151 e. The van der Waals surface area contributed by atoms with Gasteiger partial charge in [0, 0.05) is 23.3 Å². The van der Waals surface area contributed by atoms with Crippen LogP contribution in [0.4, 0.5) is 0 Å². The van der Waals surface area contributed by atoms with Crippen molar-refractivity contribution in [3.05, 3.63) is 11.1 Å². The predicted molar refractivity (Wildman–Crippen MR) is 64.5 cm³/mol. The van der Waals surface area contributed by atoms with Crippen molar-refractivity contribution in [2.24, 2.45) is 0 Å². The van der Waals surface area contributed by atoms with Crippen LogP contribution >= 0.6 is 15.9 Å². The van der Waals surface area contributed by atoms with E-state index in [-0.39, 0.29) is 11.3 Å². The van der Waals surface area contributed by atoms with E-state index in [0.717, 1.165) is 4.48 Å². The minimum absolute atomic E-state index is 0.0145. The topological polar surface area (TPSA) is 37.4 Å². The first-order valence-electron chi connectivity index (χ1n) is 4.38. The van der Waals surface area contributed by atoms with Gasteiger partial charge in [-0.2, -0.15) is 0 Å². The summed E-state index contributed by atoms with van der Waals surface area (Å²) in [7, 11) is -1.08. The van der Waals surface area contributed by atoms with Crippen molar-refractivity contribution >= 4 is 25.8 Å². The van der Waals surface area contributed by atoms with Crippen molar-refractivity contribution in [1.82, 2.24) is 4.90 Å². The molecule has 0 aliphatic heterocycles. The zero-order chi connectivity index (χ0) is 11.5. The minimum Gasteiger partial charge on any atom is -0.298 e. The fourth-order valence-corrected chi connectivity index (χ4v) is 2.45. The average Bonchev–Trinajstić information content (AvgIpc) is 1.98. The molecule has 0 fully saturated rings. The summed E-state index contributed by atoms with van der Waals surface area (Å²) in [6.45, 7) is 8.01. The van der Waals surface area contributed by atoms with Crippen LogP contribution in [0.3, 0.4) is 0 Å². The third-order valence-corrected chi connectivity index (χ3v) is 4.47. The van der Waals surface area contributed by atoms with Crippen LogP contribution in [0.15, 0.2) is 11.1 Å². The molecule has 2 atom stereocenters. The number of sulfone groups is 1. The summed E-state index contributed by atoms with van der Waals surface area (Å²) in [4.78, 5) is 1.96. The lowest BCUT2D eigenvalue weighted by Crippen LogP contribution is -2.41. The van der Waals surface area contributed by atoms with Crippen molar-refractivity contribution in [2.45, 2.75) is 25.1 Å². The van der Waals surface area contributed by atoms with Crippen LogP contribution in [0.25, 0.3) is 0 Å². The van der Waals surface area contributed by atoms with Gasteiger partial charge in [-0.1, -0.05) is 22.5 Å². The summed E-state index contributed by atoms with van der Waals surface area (Å²) in [6.07, 6.45) is 1.27. The van der Waals surface area contributed by atoms with Gasteiger partial charge in [0.2, 0.25) is 0 Å². The highest BCUT2D eigenvalue weighted by atomic mass is 79.9. The first-order valence-corrected chi connectivity index (χ1v) is 7.13. The Morgan fingerprint density at radius 3 is 2.21 bits per heavy atom. The molecular weight excluding hydrogens is 266 g/mol. The van der Waals surface area contributed by atoms with Crippen LogP contribution in [0.5, 0.6) is 0 Å². The summed E-state index contributed by atoms with van der Waals surface area (Å²) >= 11 is 3.26. The third-order valence-electron chi connectivity index (χ3n) is 2.47. The largest absolute Gasteiger partial charge is 0.298 e. The molecule has 3 nitrogen and oxygen atoms in total. The molecule has 0 aliphatic carbocycles. The molecule has 0 rings (SSSR count). The van der Waals surface area contributed by atoms with E-state index < -0.39 is 9.84 Å². The Morgan fingerprint density at radius 2 is 1.93 bits per heavy atom. The standard InChI is InChI=1S/C9H18BrNO2S/c1-7(10)6-11(4)8(2)9(3)14(5,12)13/h8-9H,1,6H2,2-5H3/t8-,9+/m0/s1. The highest BCUT2D eigenvalue weighted by molar-refractivity contribution is 9.11. The molecule has 0 aliphatic rings. The number of likely N-dealkylation sites (N-methyl/N-ethyl adjacent to an activating group) is 1. The monoisotopic (exact) mass is 283 g/mol. The zero-order valence-electron chi connectivity index (χ0n) is 9.12. The van der Waals surface area contributed by atoms with Crippen molar-refractivity contribution < 1.29 is 8.42 Å². The molecule has 0 aromatic heterocycles. The van der Waals surface area contributed by atoms with E-state index in [4.69, 9.17) is 0 Å². The molecule has 5 heteroatoms. The predicted octanol–water partition coefficient (Wildman–Crippen LogP) is 1.65. The lowest BCUT2D eigenvalue weighted by atomic mass is 10.2. The Hall–Kier alpha value is 0.130. The average molecular weight is 284 g/mol. The smallest absolute Gasteiger partial charge is 0.151 e. The number of rotatable bonds is 5. The number of nitrogens with zero attached hydrogens (tertiary/aromatic N) is 1. The van der Waals surface area contributed by atoms with E-state index in [1.54, 1.807) is 6.92 Å². The fourth-order valence-electron chi connectivity index (χ4n) is 1.13. The van der Waals surface area contributed by atoms with Gasteiger partial charge >= 0.3 is 0 Å². The van der Waals surface area contributed by atoms with Gasteiger partial charge in [0.25, 0.3) is 0 Å². The minimum atomic E-state index is -2.97. The maximum atomic E-state index is 11.3. The van der Waals surface area contributed by atoms with Crippen molar-refractivity contribution in [2.75, 3.05) is 19.8 Å². The molecule has 0 bridgehead atoms. The van der Waals surface area contributed by atoms with Gasteiger partial charge in [-0.05, 0) is 20.9 Å². The van der Waals surface area contributed by atoms with E-state index in [1.807, 2.05) is 18.9 Å². The molecule has 0 N–H and O–H groups in total. The Morgan fingerprint density at radius 1 is 1.50 bits per heavy atom. The Balaban J connectivity index is 4.47. The summed E-state index contributed by atoms with van der Waals surface area (Å²) in [5.41, 5.74) is 0. The van der Waals surface area contributed by atoms with Crippen LogP contribution in [0.1, 0.15) is 13.8 Å². The summed E-state index contributed by atoms with van der Waals surface area (Å²) in [5, 5.41) is -0.362. The molecule has 0 aromatic carbocycles. The molecule has 0 heterocycles. The maximum absolute atomic E-state index is 11.3. The first kappa shape index (κ1) is 14.1. The highest BCUT2D eigenvalue weighted by Crippen LogP contribution is 2.12. The van der Waals surface area contributed by atoms with Crippen molar-refractivity contribution in [3.8, 4) is 0 Å². The number of halogens is 1. The Bertz CT molecular complexity index is 300. The van der Waals surface area contributed by atoms with Crippen LogP contribution < -0.4 is 0 Å². The second-order valence-corrected chi connectivity index (χ2v) is 7.23. The van der Waals surface area contributed by atoms with Gasteiger partial charge in [-0.15, -0.1) is 0 Å². The first-order chi connectivity index (χ1) is 6.16. The van der Waals surface area contributed by atoms with Gasteiger partial charge in [0.05, 0.1) is 5.25 Å². The number of hydrogen-bond donors (Lipinski definition) is 0. The van der Waals surface area contributed by atoms with Gasteiger partial charge < -0.3 is 0 Å².